The maximum Gasteiger partial charge on any atom is 0.133 e. The van der Waals surface area contributed by atoms with Crippen molar-refractivity contribution in [1.29, 1.82) is 0 Å². The largest absolute Gasteiger partial charge is 0.494 e. The molecule has 2 aromatic carbocycles. The summed E-state index contributed by atoms with van der Waals surface area (Å²) in [6.07, 6.45) is 0. The number of rotatable bonds is 4. The third-order valence-corrected chi connectivity index (χ3v) is 2.58. The molecule has 0 heterocycles. The Hall–Kier alpha value is -2.23. The molecule has 2 N–H and O–H groups in total. The lowest BCUT2D eigenvalue weighted by Gasteiger charge is -2.11. The Bertz CT molecular complexity index is 584. The number of nitrogens with two attached hydrogens (primary N) is 1. The van der Waals surface area contributed by atoms with Gasteiger partial charge in [0.25, 0.3) is 0 Å². The molecule has 0 atom stereocenters. The van der Waals surface area contributed by atoms with E-state index < -0.39 is 0 Å². The van der Waals surface area contributed by atoms with Crippen molar-refractivity contribution in [3.05, 3.63) is 47.8 Å². The van der Waals surface area contributed by atoms with E-state index in [1.165, 1.54) is 12.1 Å². The molecule has 4 heteroatoms. The molecule has 0 aliphatic carbocycles. The van der Waals surface area contributed by atoms with Crippen LogP contribution < -0.4 is 15.2 Å². The number of benzene rings is 2. The van der Waals surface area contributed by atoms with Gasteiger partial charge in [0.1, 0.15) is 23.1 Å². The number of ether oxygens (including phenoxy) is 2. The van der Waals surface area contributed by atoms with Crippen LogP contribution in [0.15, 0.2) is 36.4 Å². The zero-order chi connectivity index (χ0) is 13.8. The van der Waals surface area contributed by atoms with Crippen molar-refractivity contribution in [3.8, 4) is 17.2 Å². The first kappa shape index (κ1) is 13.2. The van der Waals surface area contributed by atoms with E-state index in [1.807, 2.05) is 6.92 Å². The topological polar surface area (TPSA) is 44.5 Å². The Morgan fingerprint density at radius 2 is 1.84 bits per heavy atom. The summed E-state index contributed by atoms with van der Waals surface area (Å²) in [7, 11) is 0. The van der Waals surface area contributed by atoms with Gasteiger partial charge in [-0.15, -0.1) is 0 Å². The van der Waals surface area contributed by atoms with Crippen molar-refractivity contribution >= 4 is 5.69 Å². The first-order valence-electron chi connectivity index (χ1n) is 6.06. The summed E-state index contributed by atoms with van der Waals surface area (Å²) < 4.78 is 24.1. The molecule has 19 heavy (non-hydrogen) atoms. The molecule has 100 valence electrons. The fraction of sp³-hybridized carbons (Fsp3) is 0.200. The minimum atomic E-state index is -0.285. The van der Waals surface area contributed by atoms with Gasteiger partial charge in [0.05, 0.1) is 6.61 Å². The fourth-order valence-corrected chi connectivity index (χ4v) is 1.76. The van der Waals surface area contributed by atoms with Crippen LogP contribution in [0, 0.1) is 12.7 Å². The van der Waals surface area contributed by atoms with Gasteiger partial charge < -0.3 is 15.2 Å². The molecule has 0 amide bonds. The first-order valence-corrected chi connectivity index (χ1v) is 6.06. The van der Waals surface area contributed by atoms with E-state index in [0.717, 1.165) is 5.56 Å². The monoisotopic (exact) mass is 261 g/mol. The van der Waals surface area contributed by atoms with Crippen LogP contribution in [-0.4, -0.2) is 6.61 Å². The van der Waals surface area contributed by atoms with Gasteiger partial charge in [0.2, 0.25) is 0 Å². The van der Waals surface area contributed by atoms with Crippen molar-refractivity contribution in [3.63, 3.8) is 0 Å². The summed E-state index contributed by atoms with van der Waals surface area (Å²) in [5, 5.41) is 0. The van der Waals surface area contributed by atoms with Crippen LogP contribution >= 0.6 is 0 Å². The molecule has 3 nitrogen and oxygen atoms in total. The van der Waals surface area contributed by atoms with E-state index in [2.05, 4.69) is 0 Å². The lowest BCUT2D eigenvalue weighted by atomic mass is 10.2. The Labute approximate surface area is 111 Å². The second-order valence-electron chi connectivity index (χ2n) is 4.18. The summed E-state index contributed by atoms with van der Waals surface area (Å²) in [5.41, 5.74) is 7.06. The van der Waals surface area contributed by atoms with Crippen LogP contribution in [-0.2, 0) is 0 Å². The number of aryl methyl sites for hydroxylation is 1. The van der Waals surface area contributed by atoms with Crippen molar-refractivity contribution < 1.29 is 13.9 Å². The lowest BCUT2D eigenvalue weighted by Crippen LogP contribution is -1.95. The van der Waals surface area contributed by atoms with Crippen molar-refractivity contribution in [2.75, 3.05) is 12.3 Å². The number of hydrogen-bond acceptors (Lipinski definition) is 3. The fourth-order valence-electron chi connectivity index (χ4n) is 1.76. The van der Waals surface area contributed by atoms with Crippen molar-refractivity contribution in [1.82, 2.24) is 0 Å². The zero-order valence-corrected chi connectivity index (χ0v) is 10.9. The predicted molar refractivity (Wildman–Crippen MR) is 73.2 cm³/mol. The zero-order valence-electron chi connectivity index (χ0n) is 10.9. The third kappa shape index (κ3) is 3.37. The van der Waals surface area contributed by atoms with Crippen LogP contribution in [0.25, 0.3) is 0 Å². The highest BCUT2D eigenvalue weighted by molar-refractivity contribution is 5.51. The maximum absolute atomic E-state index is 13.0. The Balaban J connectivity index is 2.27. The van der Waals surface area contributed by atoms with Crippen LogP contribution in [0.5, 0.6) is 17.2 Å². The van der Waals surface area contributed by atoms with E-state index in [9.17, 15) is 4.39 Å². The maximum atomic E-state index is 13.0. The van der Waals surface area contributed by atoms with Crippen LogP contribution in [0.4, 0.5) is 10.1 Å². The lowest BCUT2D eigenvalue weighted by molar-refractivity contribution is 0.338. The highest BCUT2D eigenvalue weighted by atomic mass is 19.1. The summed E-state index contributed by atoms with van der Waals surface area (Å²) in [6.45, 7) is 4.24. The Morgan fingerprint density at radius 3 is 2.53 bits per heavy atom. The van der Waals surface area contributed by atoms with E-state index in [4.69, 9.17) is 15.2 Å². The highest BCUT2D eigenvalue weighted by Crippen LogP contribution is 2.30. The Morgan fingerprint density at radius 1 is 1.11 bits per heavy atom. The molecule has 2 aromatic rings. The molecule has 0 saturated heterocycles. The van der Waals surface area contributed by atoms with E-state index in [-0.39, 0.29) is 5.82 Å². The minimum absolute atomic E-state index is 0.285. The summed E-state index contributed by atoms with van der Waals surface area (Å²) in [4.78, 5) is 0. The number of anilines is 1. The van der Waals surface area contributed by atoms with Crippen molar-refractivity contribution in [2.24, 2.45) is 0 Å². The van der Waals surface area contributed by atoms with Gasteiger partial charge in [-0.05, 0) is 37.6 Å². The molecular weight excluding hydrogens is 245 g/mol. The van der Waals surface area contributed by atoms with E-state index >= 15 is 0 Å². The summed E-state index contributed by atoms with van der Waals surface area (Å²) in [5.74, 6) is 1.53. The SMILES string of the molecule is CCOc1cc(N)cc(Oc2ccc(F)cc2C)c1. The summed E-state index contributed by atoms with van der Waals surface area (Å²) >= 11 is 0. The quantitative estimate of drug-likeness (QED) is 0.849. The smallest absolute Gasteiger partial charge is 0.133 e. The van der Waals surface area contributed by atoms with Crippen LogP contribution in [0.1, 0.15) is 12.5 Å². The van der Waals surface area contributed by atoms with Gasteiger partial charge in [0, 0.05) is 23.9 Å². The first-order chi connectivity index (χ1) is 9.08. The third-order valence-electron chi connectivity index (χ3n) is 2.58. The number of nitrogen functional groups attached to an aromatic ring is 1. The number of hydrogen-bond donors (Lipinski definition) is 1. The normalized spacial score (nSPS) is 10.3. The van der Waals surface area contributed by atoms with E-state index in [1.54, 1.807) is 31.2 Å². The molecule has 0 bridgehead atoms. The van der Waals surface area contributed by atoms with Gasteiger partial charge in [0.15, 0.2) is 0 Å². The van der Waals surface area contributed by atoms with Gasteiger partial charge >= 0.3 is 0 Å². The molecular formula is C15H16FNO2. The van der Waals surface area contributed by atoms with Gasteiger partial charge in [-0.1, -0.05) is 0 Å². The average Bonchev–Trinajstić information content (AvgIpc) is 2.32. The molecule has 0 radical (unpaired) electrons. The molecule has 0 fully saturated rings. The predicted octanol–water partition coefficient (Wildman–Crippen LogP) is 3.91. The average molecular weight is 261 g/mol. The van der Waals surface area contributed by atoms with Crippen LogP contribution in [0.3, 0.4) is 0 Å². The molecule has 0 aromatic heterocycles. The standard InChI is InChI=1S/C15H16FNO2/c1-3-18-13-7-12(17)8-14(9-13)19-15-5-4-11(16)6-10(15)2/h4-9H,3,17H2,1-2H3. The van der Waals surface area contributed by atoms with Crippen LogP contribution in [0.2, 0.25) is 0 Å². The molecule has 2 rings (SSSR count). The molecule has 0 spiro atoms. The highest BCUT2D eigenvalue weighted by Gasteiger charge is 2.05. The van der Waals surface area contributed by atoms with Gasteiger partial charge in [-0.3, -0.25) is 0 Å². The van der Waals surface area contributed by atoms with Gasteiger partial charge in [-0.25, -0.2) is 4.39 Å². The second kappa shape index (κ2) is 5.61. The summed E-state index contributed by atoms with van der Waals surface area (Å²) in [6, 6.07) is 9.55. The molecule has 0 aliphatic rings. The number of halogens is 1. The van der Waals surface area contributed by atoms with Gasteiger partial charge in [-0.2, -0.15) is 0 Å². The Kier molecular flexibility index (Phi) is 3.90. The molecule has 0 saturated carbocycles. The second-order valence-corrected chi connectivity index (χ2v) is 4.18. The minimum Gasteiger partial charge on any atom is -0.494 e. The van der Waals surface area contributed by atoms with Crippen molar-refractivity contribution in [2.45, 2.75) is 13.8 Å². The van der Waals surface area contributed by atoms with E-state index in [0.29, 0.717) is 29.5 Å². The molecule has 0 aliphatic heterocycles. The molecule has 0 unspecified atom stereocenters.